The van der Waals surface area contributed by atoms with E-state index < -0.39 is 15.4 Å². The smallest absolute Gasteiger partial charge is 0.203 e. The maximum Gasteiger partial charge on any atom is 0.203 e. The third-order valence-corrected chi connectivity index (χ3v) is 4.78. The van der Waals surface area contributed by atoms with E-state index in [1.165, 1.54) is 6.07 Å². The first-order chi connectivity index (χ1) is 7.72. The molecule has 1 aliphatic heterocycles. The zero-order valence-electron chi connectivity index (χ0n) is 9.57. The molecule has 0 saturated carbocycles. The number of hydrogen-bond acceptors (Lipinski definition) is 3. The van der Waals surface area contributed by atoms with Gasteiger partial charge in [0.15, 0.2) is 0 Å². The van der Waals surface area contributed by atoms with Crippen LogP contribution in [0.4, 0.5) is 0 Å². The van der Waals surface area contributed by atoms with Crippen molar-refractivity contribution in [3.05, 3.63) is 33.7 Å². The number of benzene rings is 1. The molecule has 1 aromatic carbocycles. The Labute approximate surface area is 106 Å². The van der Waals surface area contributed by atoms with Crippen molar-refractivity contribution in [1.82, 2.24) is 0 Å². The van der Waals surface area contributed by atoms with Crippen molar-refractivity contribution in [3.8, 4) is 0 Å². The van der Waals surface area contributed by atoms with Crippen LogP contribution in [0.1, 0.15) is 25.8 Å². The molecule has 0 radical (unpaired) electrons. The highest BCUT2D eigenvalue weighted by Crippen LogP contribution is 2.39. The van der Waals surface area contributed by atoms with E-state index in [-0.39, 0.29) is 16.2 Å². The standard InChI is InChI=1S/C12H13ClO3S/c1-12(2,14)7-8-6-9-10(13)4-3-5-11(9)17(8,15)16/h3-6,14H,7H2,1-2H3. The molecule has 0 aliphatic carbocycles. The van der Waals surface area contributed by atoms with Crippen LogP contribution in [-0.2, 0) is 9.84 Å². The maximum absolute atomic E-state index is 12.2. The Hall–Kier alpha value is -0.840. The first kappa shape index (κ1) is 12.6. The second kappa shape index (κ2) is 3.83. The molecular weight excluding hydrogens is 260 g/mol. The van der Waals surface area contributed by atoms with Crippen LogP contribution in [0.5, 0.6) is 0 Å². The van der Waals surface area contributed by atoms with Gasteiger partial charge in [0.2, 0.25) is 9.84 Å². The summed E-state index contributed by atoms with van der Waals surface area (Å²) in [7, 11) is -3.49. The number of hydrogen-bond donors (Lipinski definition) is 1. The highest BCUT2D eigenvalue weighted by molar-refractivity contribution is 7.95. The number of rotatable bonds is 2. The van der Waals surface area contributed by atoms with E-state index in [1.54, 1.807) is 32.1 Å². The monoisotopic (exact) mass is 272 g/mol. The van der Waals surface area contributed by atoms with Crippen molar-refractivity contribution in [1.29, 1.82) is 0 Å². The van der Waals surface area contributed by atoms with Crippen LogP contribution in [0.15, 0.2) is 28.0 Å². The van der Waals surface area contributed by atoms with Gasteiger partial charge < -0.3 is 5.11 Å². The normalized spacial score (nSPS) is 17.8. The van der Waals surface area contributed by atoms with Crippen LogP contribution < -0.4 is 0 Å². The van der Waals surface area contributed by atoms with Crippen LogP contribution in [-0.4, -0.2) is 19.1 Å². The quantitative estimate of drug-likeness (QED) is 0.900. The molecule has 1 heterocycles. The lowest BCUT2D eigenvalue weighted by Gasteiger charge is -2.17. The molecule has 1 N–H and O–H groups in total. The van der Waals surface area contributed by atoms with Gasteiger partial charge in [0.05, 0.1) is 15.4 Å². The number of aliphatic hydroxyl groups is 1. The van der Waals surface area contributed by atoms with Crippen LogP contribution in [0, 0.1) is 0 Å². The molecule has 17 heavy (non-hydrogen) atoms. The summed E-state index contributed by atoms with van der Waals surface area (Å²) < 4.78 is 24.4. The number of fused-ring (bicyclic) bond motifs is 1. The van der Waals surface area contributed by atoms with Gasteiger partial charge in [-0.25, -0.2) is 8.42 Å². The third-order valence-electron chi connectivity index (χ3n) is 2.56. The molecule has 0 aromatic heterocycles. The van der Waals surface area contributed by atoms with Crippen molar-refractivity contribution in [2.24, 2.45) is 0 Å². The van der Waals surface area contributed by atoms with E-state index >= 15 is 0 Å². The molecule has 92 valence electrons. The fourth-order valence-corrected chi connectivity index (χ4v) is 3.94. The number of halogens is 1. The van der Waals surface area contributed by atoms with E-state index in [0.717, 1.165) is 0 Å². The fourth-order valence-electron chi connectivity index (χ4n) is 1.84. The molecule has 1 aliphatic rings. The maximum atomic E-state index is 12.2. The summed E-state index contributed by atoms with van der Waals surface area (Å²) in [5.41, 5.74) is -0.540. The molecule has 3 nitrogen and oxygen atoms in total. The lowest BCUT2D eigenvalue weighted by Crippen LogP contribution is -2.21. The van der Waals surface area contributed by atoms with Gasteiger partial charge in [-0.15, -0.1) is 0 Å². The van der Waals surface area contributed by atoms with E-state index in [2.05, 4.69) is 0 Å². The molecule has 0 unspecified atom stereocenters. The Morgan fingerprint density at radius 3 is 2.53 bits per heavy atom. The SMILES string of the molecule is CC(C)(O)CC1=Cc2c(Cl)cccc2S1(=O)=O. The van der Waals surface area contributed by atoms with Gasteiger partial charge in [0.25, 0.3) is 0 Å². The summed E-state index contributed by atoms with van der Waals surface area (Å²) in [6.07, 6.45) is 1.63. The molecule has 0 spiro atoms. The summed E-state index contributed by atoms with van der Waals surface area (Å²) >= 11 is 5.96. The van der Waals surface area contributed by atoms with Gasteiger partial charge in [0.1, 0.15) is 0 Å². The first-order valence-corrected chi connectivity index (χ1v) is 7.04. The van der Waals surface area contributed by atoms with E-state index in [9.17, 15) is 13.5 Å². The van der Waals surface area contributed by atoms with Gasteiger partial charge in [-0.05, 0) is 32.1 Å². The summed E-state index contributed by atoms with van der Waals surface area (Å²) in [5.74, 6) is 0. The largest absolute Gasteiger partial charge is 0.390 e. The minimum absolute atomic E-state index is 0.0837. The lowest BCUT2D eigenvalue weighted by atomic mass is 10.0. The van der Waals surface area contributed by atoms with Crippen molar-refractivity contribution in [2.75, 3.05) is 0 Å². The molecule has 2 rings (SSSR count). The van der Waals surface area contributed by atoms with E-state index in [4.69, 9.17) is 11.6 Å². The van der Waals surface area contributed by atoms with E-state index in [1.807, 2.05) is 0 Å². The van der Waals surface area contributed by atoms with E-state index in [0.29, 0.717) is 10.6 Å². The topological polar surface area (TPSA) is 54.4 Å². The molecule has 0 saturated heterocycles. The fraction of sp³-hybridized carbons (Fsp3) is 0.333. The lowest BCUT2D eigenvalue weighted by molar-refractivity contribution is 0.0829. The van der Waals surface area contributed by atoms with Crippen molar-refractivity contribution < 1.29 is 13.5 Å². The Bertz CT molecular complexity index is 595. The van der Waals surface area contributed by atoms with Gasteiger partial charge >= 0.3 is 0 Å². The van der Waals surface area contributed by atoms with Crippen LogP contribution in [0.3, 0.4) is 0 Å². The highest BCUT2D eigenvalue weighted by Gasteiger charge is 2.33. The molecule has 0 amide bonds. The Balaban J connectivity index is 2.55. The zero-order valence-corrected chi connectivity index (χ0v) is 11.1. The predicted octanol–water partition coefficient (Wildman–Crippen LogP) is 2.63. The second-order valence-electron chi connectivity index (χ2n) is 4.75. The predicted molar refractivity (Wildman–Crippen MR) is 67.5 cm³/mol. The molecule has 0 bridgehead atoms. The average Bonchev–Trinajstić information content (AvgIpc) is 2.39. The summed E-state index contributed by atoms with van der Waals surface area (Å²) in [6, 6.07) is 4.80. The van der Waals surface area contributed by atoms with Gasteiger partial charge in [0, 0.05) is 17.0 Å². The number of sulfone groups is 1. The summed E-state index contributed by atoms with van der Waals surface area (Å²) in [6.45, 7) is 3.15. The first-order valence-electron chi connectivity index (χ1n) is 5.18. The summed E-state index contributed by atoms with van der Waals surface area (Å²) in [5, 5.41) is 10.1. The van der Waals surface area contributed by atoms with Crippen LogP contribution >= 0.6 is 11.6 Å². The molecular formula is C12H13ClO3S. The molecule has 1 aromatic rings. The van der Waals surface area contributed by atoms with Crippen LogP contribution in [0.2, 0.25) is 5.02 Å². The Kier molecular flexibility index (Phi) is 2.84. The molecule has 0 fully saturated rings. The minimum Gasteiger partial charge on any atom is -0.390 e. The second-order valence-corrected chi connectivity index (χ2v) is 7.13. The average molecular weight is 273 g/mol. The van der Waals surface area contributed by atoms with Crippen molar-refractivity contribution >= 4 is 27.5 Å². The molecule has 5 heteroatoms. The Morgan fingerprint density at radius 1 is 1.35 bits per heavy atom. The van der Waals surface area contributed by atoms with Crippen molar-refractivity contribution in [2.45, 2.75) is 30.8 Å². The van der Waals surface area contributed by atoms with Gasteiger partial charge in [-0.3, -0.25) is 0 Å². The van der Waals surface area contributed by atoms with Gasteiger partial charge in [-0.2, -0.15) is 0 Å². The minimum atomic E-state index is -3.49. The zero-order chi connectivity index (χ0) is 12.8. The highest BCUT2D eigenvalue weighted by atomic mass is 35.5. The summed E-state index contributed by atoms with van der Waals surface area (Å²) in [4.78, 5) is 0.442. The van der Waals surface area contributed by atoms with Crippen molar-refractivity contribution in [3.63, 3.8) is 0 Å². The third kappa shape index (κ3) is 2.25. The van der Waals surface area contributed by atoms with Crippen LogP contribution in [0.25, 0.3) is 6.08 Å². The molecule has 0 atom stereocenters. The Morgan fingerprint density at radius 2 is 2.00 bits per heavy atom. The van der Waals surface area contributed by atoms with Gasteiger partial charge in [-0.1, -0.05) is 17.7 Å².